The van der Waals surface area contributed by atoms with Crippen LogP contribution in [-0.4, -0.2) is 51.3 Å². The number of nitrogens with zero attached hydrogens (tertiary/aromatic N) is 1. The highest BCUT2D eigenvalue weighted by Crippen LogP contribution is 2.35. The summed E-state index contributed by atoms with van der Waals surface area (Å²) in [6.07, 6.45) is 0.931. The number of hydrogen-bond donors (Lipinski definition) is 1. The van der Waals surface area contributed by atoms with Crippen LogP contribution in [-0.2, 0) is 6.42 Å². The van der Waals surface area contributed by atoms with E-state index in [1.165, 1.54) is 5.56 Å². The third kappa shape index (κ3) is 4.65. The SMILES string of the molecule is CCN(CC)C(=O)c1cccc(OCC2NCCc3cc(OC)c(OC)cc32)c1. The van der Waals surface area contributed by atoms with Gasteiger partial charge in [0.2, 0.25) is 0 Å². The van der Waals surface area contributed by atoms with Gasteiger partial charge in [-0.15, -0.1) is 0 Å². The smallest absolute Gasteiger partial charge is 0.253 e. The molecule has 1 N–H and O–H groups in total. The van der Waals surface area contributed by atoms with Crippen molar-refractivity contribution in [2.75, 3.05) is 40.5 Å². The van der Waals surface area contributed by atoms with Gasteiger partial charge in [0.25, 0.3) is 5.91 Å². The summed E-state index contributed by atoms with van der Waals surface area (Å²) in [4.78, 5) is 14.4. The molecule has 0 saturated heterocycles. The summed E-state index contributed by atoms with van der Waals surface area (Å²) in [6.45, 7) is 6.68. The van der Waals surface area contributed by atoms with Gasteiger partial charge < -0.3 is 24.4 Å². The van der Waals surface area contributed by atoms with Crippen LogP contribution in [0.2, 0.25) is 0 Å². The van der Waals surface area contributed by atoms with Crippen molar-refractivity contribution in [1.29, 1.82) is 0 Å². The molecule has 1 unspecified atom stereocenters. The fraction of sp³-hybridized carbons (Fsp3) is 0.435. The Hall–Kier alpha value is -2.73. The lowest BCUT2D eigenvalue weighted by Gasteiger charge is -2.28. The van der Waals surface area contributed by atoms with Crippen LogP contribution >= 0.6 is 0 Å². The van der Waals surface area contributed by atoms with Gasteiger partial charge in [-0.2, -0.15) is 0 Å². The van der Waals surface area contributed by atoms with Gasteiger partial charge in [0.1, 0.15) is 12.4 Å². The van der Waals surface area contributed by atoms with Gasteiger partial charge >= 0.3 is 0 Å². The van der Waals surface area contributed by atoms with E-state index in [1.807, 2.05) is 50.2 Å². The van der Waals surface area contributed by atoms with Gasteiger partial charge in [-0.3, -0.25) is 4.79 Å². The van der Waals surface area contributed by atoms with E-state index < -0.39 is 0 Å². The minimum Gasteiger partial charge on any atom is -0.493 e. The molecular formula is C23H30N2O4. The second-order valence-electron chi connectivity index (χ2n) is 6.98. The quantitative estimate of drug-likeness (QED) is 0.738. The first-order chi connectivity index (χ1) is 14.1. The number of ether oxygens (including phenoxy) is 3. The molecule has 0 fully saturated rings. The zero-order valence-electron chi connectivity index (χ0n) is 17.7. The molecular weight excluding hydrogens is 368 g/mol. The average molecular weight is 399 g/mol. The number of methoxy groups -OCH3 is 2. The van der Waals surface area contributed by atoms with Gasteiger partial charge in [-0.25, -0.2) is 0 Å². The molecule has 0 aliphatic carbocycles. The number of benzene rings is 2. The first-order valence-electron chi connectivity index (χ1n) is 10.1. The van der Waals surface area contributed by atoms with Crippen molar-refractivity contribution >= 4 is 5.91 Å². The predicted octanol–water partition coefficient (Wildman–Crippen LogP) is 3.45. The Morgan fingerprint density at radius 2 is 1.83 bits per heavy atom. The number of amides is 1. The molecule has 6 heteroatoms. The lowest BCUT2D eigenvalue weighted by Crippen LogP contribution is -2.33. The van der Waals surface area contributed by atoms with Crippen LogP contribution in [0.3, 0.4) is 0 Å². The Morgan fingerprint density at radius 1 is 1.10 bits per heavy atom. The van der Waals surface area contributed by atoms with E-state index in [1.54, 1.807) is 19.1 Å². The number of rotatable bonds is 8. The number of hydrogen-bond acceptors (Lipinski definition) is 5. The molecule has 1 amide bonds. The molecule has 0 radical (unpaired) electrons. The lowest BCUT2D eigenvalue weighted by molar-refractivity contribution is 0.0772. The van der Waals surface area contributed by atoms with Crippen LogP contribution in [0.15, 0.2) is 36.4 Å². The summed E-state index contributed by atoms with van der Waals surface area (Å²) in [5.41, 5.74) is 3.04. The van der Waals surface area contributed by atoms with Crippen molar-refractivity contribution in [3.05, 3.63) is 53.1 Å². The van der Waals surface area contributed by atoms with E-state index >= 15 is 0 Å². The average Bonchev–Trinajstić information content (AvgIpc) is 2.77. The molecule has 3 rings (SSSR count). The van der Waals surface area contributed by atoms with Crippen molar-refractivity contribution in [3.8, 4) is 17.2 Å². The maximum absolute atomic E-state index is 12.6. The van der Waals surface area contributed by atoms with E-state index in [0.29, 0.717) is 36.8 Å². The molecule has 1 heterocycles. The second kappa shape index (κ2) is 9.65. The largest absolute Gasteiger partial charge is 0.493 e. The van der Waals surface area contributed by atoms with Crippen LogP contribution in [0.1, 0.15) is 41.4 Å². The molecule has 0 spiro atoms. The van der Waals surface area contributed by atoms with Crippen molar-refractivity contribution in [2.45, 2.75) is 26.3 Å². The maximum atomic E-state index is 12.6. The van der Waals surface area contributed by atoms with Crippen molar-refractivity contribution in [2.24, 2.45) is 0 Å². The summed E-state index contributed by atoms with van der Waals surface area (Å²) in [5, 5.41) is 3.51. The molecule has 0 bridgehead atoms. The number of fused-ring (bicyclic) bond motifs is 1. The monoisotopic (exact) mass is 398 g/mol. The summed E-state index contributed by atoms with van der Waals surface area (Å²) in [5.74, 6) is 2.18. The van der Waals surface area contributed by atoms with Gasteiger partial charge in [0.05, 0.1) is 20.3 Å². The third-order valence-electron chi connectivity index (χ3n) is 5.35. The highest BCUT2D eigenvalue weighted by Gasteiger charge is 2.23. The lowest BCUT2D eigenvalue weighted by atomic mass is 9.94. The highest BCUT2D eigenvalue weighted by atomic mass is 16.5. The van der Waals surface area contributed by atoms with Crippen LogP contribution in [0.5, 0.6) is 17.2 Å². The fourth-order valence-corrected chi connectivity index (χ4v) is 3.71. The summed E-state index contributed by atoms with van der Waals surface area (Å²) in [6, 6.07) is 11.5. The molecule has 1 atom stereocenters. The maximum Gasteiger partial charge on any atom is 0.253 e. The zero-order chi connectivity index (χ0) is 20.8. The van der Waals surface area contributed by atoms with Crippen LogP contribution in [0.4, 0.5) is 0 Å². The summed E-state index contributed by atoms with van der Waals surface area (Å²) >= 11 is 0. The van der Waals surface area contributed by atoms with E-state index in [9.17, 15) is 4.79 Å². The molecule has 1 aliphatic heterocycles. The van der Waals surface area contributed by atoms with Gasteiger partial charge in [0.15, 0.2) is 11.5 Å². The van der Waals surface area contributed by atoms with Gasteiger partial charge in [-0.05, 0) is 68.3 Å². The standard InChI is InChI=1S/C23H30N2O4/c1-5-25(6-2)23(26)17-8-7-9-18(12-17)29-15-20-19-14-22(28-4)21(27-3)13-16(19)10-11-24-20/h7-9,12-14,20,24H,5-6,10-11,15H2,1-4H3. The summed E-state index contributed by atoms with van der Waals surface area (Å²) < 4.78 is 17.0. The number of nitrogens with one attached hydrogen (secondary N) is 1. The Morgan fingerprint density at radius 3 is 2.52 bits per heavy atom. The first-order valence-corrected chi connectivity index (χ1v) is 10.1. The predicted molar refractivity (Wildman–Crippen MR) is 113 cm³/mol. The van der Waals surface area contributed by atoms with Crippen molar-refractivity contribution in [3.63, 3.8) is 0 Å². The van der Waals surface area contributed by atoms with Crippen LogP contribution in [0.25, 0.3) is 0 Å². The molecule has 6 nitrogen and oxygen atoms in total. The number of carbonyl (C=O) groups excluding carboxylic acids is 1. The molecule has 0 saturated carbocycles. The molecule has 2 aromatic carbocycles. The minimum absolute atomic E-state index is 0.0263. The van der Waals surface area contributed by atoms with E-state index in [4.69, 9.17) is 14.2 Å². The molecule has 156 valence electrons. The highest BCUT2D eigenvalue weighted by molar-refractivity contribution is 5.94. The van der Waals surface area contributed by atoms with Crippen molar-refractivity contribution < 1.29 is 19.0 Å². The van der Waals surface area contributed by atoms with Gasteiger partial charge in [-0.1, -0.05) is 6.07 Å². The van der Waals surface area contributed by atoms with E-state index in [-0.39, 0.29) is 11.9 Å². The first kappa shape index (κ1) is 21.0. The normalized spacial score (nSPS) is 15.4. The van der Waals surface area contributed by atoms with Crippen LogP contribution in [0, 0.1) is 0 Å². The minimum atomic E-state index is 0.0263. The van der Waals surface area contributed by atoms with E-state index in [2.05, 4.69) is 5.32 Å². The Bertz CT molecular complexity index is 849. The topological polar surface area (TPSA) is 60.0 Å². The van der Waals surface area contributed by atoms with Gasteiger partial charge in [0, 0.05) is 18.7 Å². The number of carbonyl (C=O) groups is 1. The van der Waals surface area contributed by atoms with E-state index in [0.717, 1.165) is 24.3 Å². The fourth-order valence-electron chi connectivity index (χ4n) is 3.71. The van der Waals surface area contributed by atoms with Crippen LogP contribution < -0.4 is 19.5 Å². The Kier molecular flexibility index (Phi) is 6.99. The molecule has 29 heavy (non-hydrogen) atoms. The third-order valence-corrected chi connectivity index (χ3v) is 5.35. The Labute approximate surface area is 172 Å². The molecule has 0 aromatic heterocycles. The molecule has 1 aliphatic rings. The summed E-state index contributed by atoms with van der Waals surface area (Å²) in [7, 11) is 3.29. The van der Waals surface area contributed by atoms with Crippen molar-refractivity contribution in [1.82, 2.24) is 10.2 Å². The Balaban J connectivity index is 1.75. The zero-order valence-corrected chi connectivity index (χ0v) is 17.7. The molecule has 2 aromatic rings. The second-order valence-corrected chi connectivity index (χ2v) is 6.98.